The van der Waals surface area contributed by atoms with E-state index in [0.717, 1.165) is 17.0 Å². The van der Waals surface area contributed by atoms with Crippen molar-refractivity contribution >= 4 is 0 Å². The van der Waals surface area contributed by atoms with Crippen molar-refractivity contribution in [3.05, 3.63) is 30.2 Å². The molecule has 0 N–H and O–H groups in total. The van der Waals surface area contributed by atoms with Gasteiger partial charge in [-0.05, 0) is 13.0 Å². The molecule has 0 saturated heterocycles. The van der Waals surface area contributed by atoms with Crippen molar-refractivity contribution in [1.82, 2.24) is 10.1 Å². The predicted octanol–water partition coefficient (Wildman–Crippen LogP) is 2.05. The van der Waals surface area contributed by atoms with Gasteiger partial charge in [-0.15, -0.1) is 0 Å². The van der Waals surface area contributed by atoms with E-state index in [9.17, 15) is 0 Å². The van der Waals surface area contributed by atoms with Crippen LogP contribution in [0, 0.1) is 6.92 Å². The maximum absolute atomic E-state index is 5.01. The van der Waals surface area contributed by atoms with E-state index < -0.39 is 0 Å². The molecule has 0 aromatic carbocycles. The van der Waals surface area contributed by atoms with Gasteiger partial charge in [0.2, 0.25) is 5.88 Å². The van der Waals surface area contributed by atoms with Crippen LogP contribution in [0.25, 0.3) is 11.3 Å². The van der Waals surface area contributed by atoms with Crippen molar-refractivity contribution in [3.63, 3.8) is 0 Å². The summed E-state index contributed by atoms with van der Waals surface area (Å²) in [6, 6.07) is 5.55. The van der Waals surface area contributed by atoms with Crippen molar-refractivity contribution < 1.29 is 9.26 Å². The lowest BCUT2D eigenvalue weighted by atomic mass is 10.2. The first kappa shape index (κ1) is 8.74. The second kappa shape index (κ2) is 3.49. The van der Waals surface area contributed by atoms with Gasteiger partial charge in [-0.3, -0.25) is 0 Å². The number of nitrogens with zero attached hydrogens (tertiary/aromatic N) is 2. The van der Waals surface area contributed by atoms with Crippen molar-refractivity contribution in [2.45, 2.75) is 6.92 Å². The zero-order valence-electron chi connectivity index (χ0n) is 8.02. The van der Waals surface area contributed by atoms with Gasteiger partial charge in [-0.1, -0.05) is 5.16 Å². The van der Waals surface area contributed by atoms with E-state index in [0.29, 0.717) is 5.88 Å². The minimum absolute atomic E-state index is 0.572. The lowest BCUT2D eigenvalue weighted by Gasteiger charge is -1.99. The molecule has 0 atom stereocenters. The van der Waals surface area contributed by atoms with Gasteiger partial charge in [0.05, 0.1) is 7.11 Å². The topological polar surface area (TPSA) is 48.2 Å². The molecule has 0 saturated carbocycles. The van der Waals surface area contributed by atoms with Crippen molar-refractivity contribution in [2.24, 2.45) is 0 Å². The van der Waals surface area contributed by atoms with E-state index >= 15 is 0 Å². The molecule has 2 aromatic heterocycles. The minimum atomic E-state index is 0.572. The summed E-state index contributed by atoms with van der Waals surface area (Å²) < 4.78 is 9.99. The number of ether oxygens (including phenoxy) is 1. The first-order chi connectivity index (χ1) is 6.79. The smallest absolute Gasteiger partial charge is 0.213 e. The van der Waals surface area contributed by atoms with Gasteiger partial charge in [-0.25, -0.2) is 4.98 Å². The Balaban J connectivity index is 2.41. The first-order valence-corrected chi connectivity index (χ1v) is 4.23. The summed E-state index contributed by atoms with van der Waals surface area (Å²) in [5.41, 5.74) is 1.73. The van der Waals surface area contributed by atoms with Crippen molar-refractivity contribution in [2.75, 3.05) is 7.11 Å². The predicted molar refractivity (Wildman–Crippen MR) is 51.0 cm³/mol. The molecule has 0 bridgehead atoms. The number of hydrogen-bond acceptors (Lipinski definition) is 4. The van der Waals surface area contributed by atoms with E-state index in [1.54, 1.807) is 13.3 Å². The molecule has 0 spiro atoms. The standard InChI is InChI=1S/C10H10N2O2/c1-7-5-9(12-14-7)8-3-4-11-10(6-8)13-2/h3-6H,1-2H3. The highest BCUT2D eigenvalue weighted by Crippen LogP contribution is 2.21. The van der Waals surface area contributed by atoms with Gasteiger partial charge in [-0.2, -0.15) is 0 Å². The summed E-state index contributed by atoms with van der Waals surface area (Å²) in [6.07, 6.45) is 1.68. The van der Waals surface area contributed by atoms with Crippen molar-refractivity contribution in [3.8, 4) is 17.1 Å². The summed E-state index contributed by atoms with van der Waals surface area (Å²) in [4.78, 5) is 4.01. The Labute approximate surface area is 81.5 Å². The number of rotatable bonds is 2. The molecule has 0 aliphatic rings. The van der Waals surface area contributed by atoms with Gasteiger partial charge in [0.25, 0.3) is 0 Å². The van der Waals surface area contributed by atoms with Crippen LogP contribution in [0.5, 0.6) is 5.88 Å². The normalized spacial score (nSPS) is 10.1. The Kier molecular flexibility index (Phi) is 2.18. The van der Waals surface area contributed by atoms with Gasteiger partial charge in [0, 0.05) is 23.9 Å². The molecular formula is C10H10N2O2. The molecule has 2 rings (SSSR count). The third-order valence-corrected chi connectivity index (χ3v) is 1.87. The van der Waals surface area contributed by atoms with Crippen LogP contribution in [-0.2, 0) is 0 Å². The molecule has 2 aromatic rings. The molecule has 4 nitrogen and oxygen atoms in total. The Hall–Kier alpha value is -1.84. The molecule has 0 fully saturated rings. The SMILES string of the molecule is COc1cc(-c2cc(C)on2)ccn1. The molecule has 4 heteroatoms. The molecule has 0 unspecified atom stereocenters. The quantitative estimate of drug-likeness (QED) is 0.727. The highest BCUT2D eigenvalue weighted by Gasteiger charge is 2.04. The maximum Gasteiger partial charge on any atom is 0.213 e. The zero-order chi connectivity index (χ0) is 9.97. The number of pyridine rings is 1. The summed E-state index contributed by atoms with van der Waals surface area (Å²) in [6.45, 7) is 1.86. The van der Waals surface area contributed by atoms with Crippen LogP contribution in [-0.4, -0.2) is 17.3 Å². The van der Waals surface area contributed by atoms with Gasteiger partial charge in [0.1, 0.15) is 11.5 Å². The van der Waals surface area contributed by atoms with Gasteiger partial charge in [0.15, 0.2) is 0 Å². The minimum Gasteiger partial charge on any atom is -0.481 e. The van der Waals surface area contributed by atoms with Crippen molar-refractivity contribution in [1.29, 1.82) is 0 Å². The summed E-state index contributed by atoms with van der Waals surface area (Å²) >= 11 is 0. The Morgan fingerprint density at radius 2 is 2.21 bits per heavy atom. The van der Waals surface area contributed by atoms with Crippen LogP contribution < -0.4 is 4.74 Å². The summed E-state index contributed by atoms with van der Waals surface area (Å²) in [5, 5.41) is 3.90. The van der Waals surface area contributed by atoms with Crippen LogP contribution in [0.4, 0.5) is 0 Å². The molecule has 14 heavy (non-hydrogen) atoms. The second-order valence-electron chi connectivity index (χ2n) is 2.91. The van der Waals surface area contributed by atoms with Crippen LogP contribution in [0.1, 0.15) is 5.76 Å². The van der Waals surface area contributed by atoms with Crippen LogP contribution in [0.2, 0.25) is 0 Å². The van der Waals surface area contributed by atoms with Crippen LogP contribution in [0.15, 0.2) is 28.9 Å². The number of methoxy groups -OCH3 is 1. The fourth-order valence-electron chi connectivity index (χ4n) is 1.18. The molecule has 0 aliphatic carbocycles. The average molecular weight is 190 g/mol. The molecule has 72 valence electrons. The lowest BCUT2D eigenvalue weighted by molar-refractivity contribution is 0.396. The van der Waals surface area contributed by atoms with E-state index in [2.05, 4.69) is 10.1 Å². The fraction of sp³-hybridized carbons (Fsp3) is 0.200. The second-order valence-corrected chi connectivity index (χ2v) is 2.91. The summed E-state index contributed by atoms with van der Waals surface area (Å²) in [7, 11) is 1.58. The summed E-state index contributed by atoms with van der Waals surface area (Å²) in [5.74, 6) is 1.36. The fourth-order valence-corrected chi connectivity index (χ4v) is 1.18. The molecular weight excluding hydrogens is 180 g/mol. The third-order valence-electron chi connectivity index (χ3n) is 1.87. The molecule has 0 radical (unpaired) electrons. The zero-order valence-corrected chi connectivity index (χ0v) is 8.02. The Morgan fingerprint density at radius 3 is 2.86 bits per heavy atom. The Bertz CT molecular complexity index is 437. The monoisotopic (exact) mass is 190 g/mol. The Morgan fingerprint density at radius 1 is 1.36 bits per heavy atom. The van der Waals surface area contributed by atoms with E-state index in [1.807, 2.05) is 25.1 Å². The van der Waals surface area contributed by atoms with Gasteiger partial charge < -0.3 is 9.26 Å². The number of aryl methyl sites for hydroxylation is 1. The molecule has 0 aliphatic heterocycles. The van der Waals surface area contributed by atoms with E-state index in [-0.39, 0.29) is 0 Å². The average Bonchev–Trinajstić information content (AvgIpc) is 2.65. The van der Waals surface area contributed by atoms with E-state index in [1.165, 1.54) is 0 Å². The highest BCUT2D eigenvalue weighted by atomic mass is 16.5. The maximum atomic E-state index is 5.01. The van der Waals surface area contributed by atoms with Crippen LogP contribution in [0.3, 0.4) is 0 Å². The molecule has 2 heterocycles. The third kappa shape index (κ3) is 1.59. The van der Waals surface area contributed by atoms with Gasteiger partial charge >= 0.3 is 0 Å². The lowest BCUT2D eigenvalue weighted by Crippen LogP contribution is -1.87. The highest BCUT2D eigenvalue weighted by molar-refractivity contribution is 5.59. The molecule has 0 amide bonds. The van der Waals surface area contributed by atoms with E-state index in [4.69, 9.17) is 9.26 Å². The van der Waals surface area contributed by atoms with Crippen LogP contribution >= 0.6 is 0 Å². The largest absolute Gasteiger partial charge is 0.481 e. The number of hydrogen-bond donors (Lipinski definition) is 0. The first-order valence-electron chi connectivity index (χ1n) is 4.23. The number of aromatic nitrogens is 2.